The first-order valence-electron chi connectivity index (χ1n) is 5.56. The number of likely N-dealkylation sites (tertiary alicyclic amines) is 1. The Morgan fingerprint density at radius 1 is 1.47 bits per heavy atom. The van der Waals surface area contributed by atoms with Crippen molar-refractivity contribution in [3.05, 3.63) is 0 Å². The molecule has 1 rings (SSSR count). The van der Waals surface area contributed by atoms with Gasteiger partial charge in [-0.2, -0.15) is 0 Å². The van der Waals surface area contributed by atoms with Crippen LogP contribution in [-0.2, 0) is 4.74 Å². The van der Waals surface area contributed by atoms with Crippen LogP contribution in [-0.4, -0.2) is 35.2 Å². The van der Waals surface area contributed by atoms with Crippen LogP contribution in [0.15, 0.2) is 0 Å². The Bertz CT molecular complexity index is 235. The molecule has 0 bridgehead atoms. The maximum atomic E-state index is 11.8. The van der Waals surface area contributed by atoms with Gasteiger partial charge < -0.3 is 15.4 Å². The highest BCUT2D eigenvalue weighted by Crippen LogP contribution is 2.19. The Balaban J connectivity index is 2.59. The van der Waals surface area contributed by atoms with Gasteiger partial charge in [-0.15, -0.1) is 0 Å². The van der Waals surface area contributed by atoms with Crippen molar-refractivity contribution < 1.29 is 9.53 Å². The van der Waals surface area contributed by atoms with Crippen LogP contribution in [0.25, 0.3) is 0 Å². The van der Waals surface area contributed by atoms with E-state index in [2.05, 4.69) is 0 Å². The SMILES string of the molecule is C[C@@H]1[C@@H](N)CCCN1C(=O)OC(C)(C)C. The molecule has 1 saturated heterocycles. The van der Waals surface area contributed by atoms with Gasteiger partial charge in [0.25, 0.3) is 0 Å². The lowest BCUT2D eigenvalue weighted by Crippen LogP contribution is -2.53. The zero-order chi connectivity index (χ0) is 11.6. The van der Waals surface area contributed by atoms with Crippen LogP contribution in [0.4, 0.5) is 4.79 Å². The Morgan fingerprint density at radius 2 is 2.07 bits per heavy atom. The highest BCUT2D eigenvalue weighted by atomic mass is 16.6. The third-order valence-electron chi connectivity index (χ3n) is 2.68. The van der Waals surface area contributed by atoms with Crippen molar-refractivity contribution in [3.8, 4) is 0 Å². The molecule has 0 aromatic heterocycles. The third-order valence-corrected chi connectivity index (χ3v) is 2.68. The number of amides is 1. The first-order chi connectivity index (χ1) is 6.81. The second-order valence-electron chi connectivity index (χ2n) is 5.22. The molecule has 15 heavy (non-hydrogen) atoms. The van der Waals surface area contributed by atoms with Gasteiger partial charge in [0.05, 0.1) is 0 Å². The zero-order valence-corrected chi connectivity index (χ0v) is 10.1. The molecule has 1 fully saturated rings. The van der Waals surface area contributed by atoms with Gasteiger partial charge in [-0.1, -0.05) is 0 Å². The fourth-order valence-corrected chi connectivity index (χ4v) is 1.75. The molecule has 0 unspecified atom stereocenters. The van der Waals surface area contributed by atoms with E-state index in [0.717, 1.165) is 19.4 Å². The number of rotatable bonds is 0. The lowest BCUT2D eigenvalue weighted by Gasteiger charge is -2.38. The average molecular weight is 214 g/mol. The summed E-state index contributed by atoms with van der Waals surface area (Å²) in [4.78, 5) is 13.6. The number of hydrogen-bond donors (Lipinski definition) is 1. The normalized spacial score (nSPS) is 27.7. The average Bonchev–Trinajstić information content (AvgIpc) is 2.06. The quantitative estimate of drug-likeness (QED) is 0.668. The van der Waals surface area contributed by atoms with E-state index < -0.39 is 5.60 Å². The summed E-state index contributed by atoms with van der Waals surface area (Å²) in [6, 6.07) is 0.153. The van der Waals surface area contributed by atoms with Crippen molar-refractivity contribution in [2.24, 2.45) is 5.73 Å². The van der Waals surface area contributed by atoms with Crippen molar-refractivity contribution >= 4 is 6.09 Å². The Kier molecular flexibility index (Phi) is 3.60. The molecule has 4 heteroatoms. The van der Waals surface area contributed by atoms with Crippen LogP contribution in [0.1, 0.15) is 40.5 Å². The van der Waals surface area contributed by atoms with Gasteiger partial charge in [-0.25, -0.2) is 4.79 Å². The predicted octanol–water partition coefficient (Wildman–Crippen LogP) is 1.73. The van der Waals surface area contributed by atoms with Gasteiger partial charge in [0.2, 0.25) is 0 Å². The van der Waals surface area contributed by atoms with Gasteiger partial charge in [0, 0.05) is 18.6 Å². The molecule has 2 atom stereocenters. The van der Waals surface area contributed by atoms with Gasteiger partial charge in [-0.3, -0.25) is 0 Å². The van der Waals surface area contributed by atoms with Crippen LogP contribution in [0.2, 0.25) is 0 Å². The molecule has 0 aliphatic carbocycles. The van der Waals surface area contributed by atoms with Crippen LogP contribution in [0, 0.1) is 0 Å². The first-order valence-corrected chi connectivity index (χ1v) is 5.56. The topological polar surface area (TPSA) is 55.6 Å². The number of nitrogens with two attached hydrogens (primary N) is 1. The molecule has 4 nitrogen and oxygen atoms in total. The monoisotopic (exact) mass is 214 g/mol. The predicted molar refractivity (Wildman–Crippen MR) is 59.6 cm³/mol. The number of nitrogens with zero attached hydrogens (tertiary/aromatic N) is 1. The van der Waals surface area contributed by atoms with E-state index in [4.69, 9.17) is 10.5 Å². The van der Waals surface area contributed by atoms with Crippen molar-refractivity contribution in [1.29, 1.82) is 0 Å². The Labute approximate surface area is 91.8 Å². The molecule has 0 aromatic carbocycles. The van der Waals surface area contributed by atoms with E-state index >= 15 is 0 Å². The van der Waals surface area contributed by atoms with Crippen LogP contribution in [0.5, 0.6) is 0 Å². The van der Waals surface area contributed by atoms with Gasteiger partial charge >= 0.3 is 6.09 Å². The number of carbonyl (C=O) groups excluding carboxylic acids is 1. The van der Waals surface area contributed by atoms with Crippen molar-refractivity contribution in [2.75, 3.05) is 6.54 Å². The number of piperidine rings is 1. The maximum Gasteiger partial charge on any atom is 0.410 e. The summed E-state index contributed by atoms with van der Waals surface area (Å²) < 4.78 is 5.33. The molecular formula is C11H22N2O2. The fourth-order valence-electron chi connectivity index (χ4n) is 1.75. The molecule has 1 aliphatic heterocycles. The largest absolute Gasteiger partial charge is 0.444 e. The van der Waals surface area contributed by atoms with E-state index in [1.807, 2.05) is 27.7 Å². The van der Waals surface area contributed by atoms with Crippen molar-refractivity contribution in [2.45, 2.75) is 58.2 Å². The smallest absolute Gasteiger partial charge is 0.410 e. The highest BCUT2D eigenvalue weighted by Gasteiger charge is 2.31. The summed E-state index contributed by atoms with van der Waals surface area (Å²) in [6.07, 6.45) is 1.70. The molecule has 1 amide bonds. The van der Waals surface area contributed by atoms with Gasteiger partial charge in [0.15, 0.2) is 0 Å². The van der Waals surface area contributed by atoms with Crippen molar-refractivity contribution in [1.82, 2.24) is 4.90 Å². The molecule has 0 spiro atoms. The van der Waals surface area contributed by atoms with Crippen LogP contribution in [0.3, 0.4) is 0 Å². The lowest BCUT2D eigenvalue weighted by atomic mass is 9.99. The van der Waals surface area contributed by atoms with Gasteiger partial charge in [-0.05, 0) is 40.5 Å². The van der Waals surface area contributed by atoms with E-state index in [1.54, 1.807) is 4.90 Å². The second kappa shape index (κ2) is 4.39. The second-order valence-corrected chi connectivity index (χ2v) is 5.22. The number of carbonyl (C=O) groups is 1. The lowest BCUT2D eigenvalue weighted by molar-refractivity contribution is 0.00933. The number of hydrogen-bond acceptors (Lipinski definition) is 3. The standard InChI is InChI=1S/C11H22N2O2/c1-8-9(12)6-5-7-13(8)10(14)15-11(2,3)4/h8-9H,5-7,12H2,1-4H3/t8-,9+/m1/s1. The molecule has 2 N–H and O–H groups in total. The summed E-state index contributed by atoms with van der Waals surface area (Å²) in [5, 5.41) is 0. The van der Waals surface area contributed by atoms with E-state index in [0.29, 0.717) is 0 Å². The molecule has 0 radical (unpaired) electrons. The maximum absolute atomic E-state index is 11.8. The van der Waals surface area contributed by atoms with Crippen LogP contribution < -0.4 is 5.73 Å². The van der Waals surface area contributed by atoms with E-state index in [9.17, 15) is 4.79 Å². The third kappa shape index (κ3) is 3.38. The molecule has 0 aromatic rings. The molecule has 1 heterocycles. The minimum atomic E-state index is -0.432. The van der Waals surface area contributed by atoms with Crippen LogP contribution >= 0.6 is 0 Å². The Morgan fingerprint density at radius 3 is 2.60 bits per heavy atom. The fraction of sp³-hybridized carbons (Fsp3) is 0.909. The first kappa shape index (κ1) is 12.3. The Hall–Kier alpha value is -0.770. The van der Waals surface area contributed by atoms with Gasteiger partial charge in [0.1, 0.15) is 5.60 Å². The minimum absolute atomic E-state index is 0.0752. The van der Waals surface area contributed by atoms with E-state index in [-0.39, 0.29) is 18.2 Å². The molecular weight excluding hydrogens is 192 g/mol. The summed E-state index contributed by atoms with van der Waals surface area (Å²) in [5.41, 5.74) is 5.49. The number of ether oxygens (including phenoxy) is 1. The summed E-state index contributed by atoms with van der Waals surface area (Å²) >= 11 is 0. The summed E-state index contributed by atoms with van der Waals surface area (Å²) in [6.45, 7) is 8.36. The van der Waals surface area contributed by atoms with Crippen molar-refractivity contribution in [3.63, 3.8) is 0 Å². The van der Waals surface area contributed by atoms with E-state index in [1.165, 1.54) is 0 Å². The molecule has 88 valence electrons. The highest BCUT2D eigenvalue weighted by molar-refractivity contribution is 5.68. The zero-order valence-electron chi connectivity index (χ0n) is 10.1. The summed E-state index contributed by atoms with van der Waals surface area (Å²) in [7, 11) is 0. The molecule has 1 aliphatic rings. The molecule has 0 saturated carbocycles. The minimum Gasteiger partial charge on any atom is -0.444 e. The summed E-state index contributed by atoms with van der Waals surface area (Å²) in [5.74, 6) is 0.